The molecule has 4 N–H and O–H groups in total. The highest BCUT2D eigenvalue weighted by atomic mass is 16.5. The Kier molecular flexibility index (Phi) is 13.4. The number of carbonyl (C=O) groups is 3. The zero-order valence-electron chi connectivity index (χ0n) is 28.5. The van der Waals surface area contributed by atoms with Crippen LogP contribution in [0.5, 0.6) is 5.75 Å². The van der Waals surface area contributed by atoms with Crippen molar-refractivity contribution >= 4 is 17.9 Å². The first-order valence-corrected chi connectivity index (χ1v) is 16.8. The van der Waals surface area contributed by atoms with Gasteiger partial charge in [-0.3, -0.25) is 9.59 Å². The van der Waals surface area contributed by atoms with E-state index in [1.54, 1.807) is 12.0 Å². The topological polar surface area (TPSA) is 129 Å². The van der Waals surface area contributed by atoms with Crippen LogP contribution < -0.4 is 20.7 Å². The number of rotatable bonds is 17. The van der Waals surface area contributed by atoms with Gasteiger partial charge in [-0.05, 0) is 60.4 Å². The molecule has 3 aromatic carbocycles. The molecule has 5 atom stereocenters. The highest BCUT2D eigenvalue weighted by Gasteiger charge is 2.53. The van der Waals surface area contributed by atoms with Crippen LogP contribution in [0.3, 0.4) is 0 Å². The largest absolute Gasteiger partial charge is 0.497 e. The smallest absolute Gasteiger partial charge is 0.407 e. The van der Waals surface area contributed by atoms with E-state index in [1.807, 2.05) is 98.8 Å². The number of benzene rings is 3. The average molecular weight is 659 g/mol. The maximum absolute atomic E-state index is 14.3. The number of aryl methyl sites for hydroxylation is 1. The van der Waals surface area contributed by atoms with Gasteiger partial charge in [0.25, 0.3) is 0 Å². The van der Waals surface area contributed by atoms with Crippen LogP contribution in [-0.2, 0) is 33.7 Å². The molecule has 3 aromatic rings. The summed E-state index contributed by atoms with van der Waals surface area (Å²) in [5.41, 5.74) is 1.83. The van der Waals surface area contributed by atoms with Crippen molar-refractivity contribution < 1.29 is 29.0 Å². The summed E-state index contributed by atoms with van der Waals surface area (Å²) in [4.78, 5) is 42.7. The lowest BCUT2D eigenvalue weighted by atomic mass is 9.82. The molecule has 1 fully saturated rings. The van der Waals surface area contributed by atoms with Gasteiger partial charge in [0, 0.05) is 19.6 Å². The standard InChI is InChI=1S/C38H50N4O6/c1-5-27(2)38(41-37(46)48-4)21-22-42(36(38)45)33(20-19-28-13-8-6-9-14-28)35(44)40-32(24-29-15-10-7-11-16-29)34(43)26-39-25-30-17-12-18-31(23-30)47-3/h6-18,23,27,32-34,39,43H,5,19-22,24-26H2,1-4H3,(H,40,44)(H,41,46)/t27-,32-,33-,34-,38-/m0/s1. The van der Waals surface area contributed by atoms with E-state index in [0.717, 1.165) is 22.4 Å². The van der Waals surface area contributed by atoms with Crippen LogP contribution in [0.25, 0.3) is 0 Å². The Hall–Kier alpha value is -4.41. The second-order valence-corrected chi connectivity index (χ2v) is 12.5. The molecule has 0 aliphatic carbocycles. The van der Waals surface area contributed by atoms with Crippen LogP contribution in [0.15, 0.2) is 84.9 Å². The van der Waals surface area contributed by atoms with Gasteiger partial charge < -0.3 is 35.4 Å². The molecule has 1 saturated heterocycles. The Morgan fingerprint density at radius 3 is 2.27 bits per heavy atom. The number of hydrogen-bond acceptors (Lipinski definition) is 7. The lowest BCUT2D eigenvalue weighted by molar-refractivity contribution is -0.142. The number of amides is 3. The van der Waals surface area contributed by atoms with E-state index in [-0.39, 0.29) is 24.3 Å². The molecule has 3 amide bonds. The molecule has 1 aliphatic rings. The second-order valence-electron chi connectivity index (χ2n) is 12.5. The molecule has 10 nitrogen and oxygen atoms in total. The zero-order chi connectivity index (χ0) is 34.5. The molecular weight excluding hydrogens is 608 g/mol. The van der Waals surface area contributed by atoms with Crippen LogP contribution in [0, 0.1) is 5.92 Å². The van der Waals surface area contributed by atoms with Gasteiger partial charge in [0.2, 0.25) is 11.8 Å². The van der Waals surface area contributed by atoms with Gasteiger partial charge in [0.15, 0.2) is 0 Å². The summed E-state index contributed by atoms with van der Waals surface area (Å²) in [6.07, 6.45) is 0.741. The molecule has 0 aromatic heterocycles. The number of nitrogens with zero attached hydrogens (tertiary/aromatic N) is 1. The number of hydrogen-bond donors (Lipinski definition) is 4. The molecule has 258 valence electrons. The number of likely N-dealkylation sites (tertiary alicyclic amines) is 1. The average Bonchev–Trinajstić information content (AvgIpc) is 3.44. The van der Waals surface area contributed by atoms with Crippen molar-refractivity contribution in [2.24, 2.45) is 5.92 Å². The molecular formula is C38H50N4O6. The summed E-state index contributed by atoms with van der Waals surface area (Å²) in [7, 11) is 2.90. The third-order valence-corrected chi connectivity index (χ3v) is 9.49. The Balaban J connectivity index is 1.57. The lowest BCUT2D eigenvalue weighted by Crippen LogP contribution is -2.61. The van der Waals surface area contributed by atoms with Crippen LogP contribution >= 0.6 is 0 Å². The highest BCUT2D eigenvalue weighted by molar-refractivity contribution is 5.96. The summed E-state index contributed by atoms with van der Waals surface area (Å²) in [5.74, 6) is -0.0721. The predicted molar refractivity (Wildman–Crippen MR) is 185 cm³/mol. The maximum atomic E-state index is 14.3. The van der Waals surface area contributed by atoms with E-state index in [9.17, 15) is 19.5 Å². The fourth-order valence-electron chi connectivity index (χ4n) is 6.43. The third kappa shape index (κ3) is 9.35. The van der Waals surface area contributed by atoms with Crippen molar-refractivity contribution in [3.63, 3.8) is 0 Å². The SMILES string of the molecule is CC[C@H](C)[C@@]1(NC(=O)OC)CCN([C@@H](CCc2ccccc2)C(=O)N[C@@H](Cc2ccccc2)[C@@H](O)CNCc2cccc(OC)c2)C1=O. The van der Waals surface area contributed by atoms with Crippen molar-refractivity contribution in [3.05, 3.63) is 102 Å². The summed E-state index contributed by atoms with van der Waals surface area (Å²) in [6.45, 7) is 4.94. The van der Waals surface area contributed by atoms with E-state index in [1.165, 1.54) is 7.11 Å². The van der Waals surface area contributed by atoms with E-state index in [0.29, 0.717) is 45.2 Å². The van der Waals surface area contributed by atoms with Crippen molar-refractivity contribution in [1.29, 1.82) is 0 Å². The Labute approximate surface area is 284 Å². The molecule has 0 unspecified atom stereocenters. The van der Waals surface area contributed by atoms with E-state index in [2.05, 4.69) is 16.0 Å². The lowest BCUT2D eigenvalue weighted by Gasteiger charge is -2.36. The molecule has 4 rings (SSSR count). The number of aliphatic hydroxyl groups is 1. The van der Waals surface area contributed by atoms with Crippen molar-refractivity contribution in [2.45, 2.75) is 76.2 Å². The Morgan fingerprint density at radius 2 is 1.62 bits per heavy atom. The van der Waals surface area contributed by atoms with Crippen LogP contribution in [0.4, 0.5) is 4.79 Å². The van der Waals surface area contributed by atoms with Gasteiger partial charge in [0.1, 0.15) is 17.3 Å². The number of methoxy groups -OCH3 is 2. The quantitative estimate of drug-likeness (QED) is 0.171. The van der Waals surface area contributed by atoms with Gasteiger partial charge in [-0.2, -0.15) is 0 Å². The number of ether oxygens (including phenoxy) is 2. The predicted octanol–water partition coefficient (Wildman–Crippen LogP) is 4.25. The van der Waals surface area contributed by atoms with Crippen LogP contribution in [-0.4, -0.2) is 78.9 Å². The minimum atomic E-state index is -1.18. The first kappa shape index (κ1) is 36.4. The van der Waals surface area contributed by atoms with Crippen molar-refractivity contribution in [3.8, 4) is 5.75 Å². The van der Waals surface area contributed by atoms with Gasteiger partial charge in [-0.15, -0.1) is 0 Å². The molecule has 0 saturated carbocycles. The van der Waals surface area contributed by atoms with E-state index >= 15 is 0 Å². The Morgan fingerprint density at radius 1 is 0.958 bits per heavy atom. The normalized spacial score (nSPS) is 18.4. The zero-order valence-corrected chi connectivity index (χ0v) is 28.5. The minimum absolute atomic E-state index is 0.185. The first-order chi connectivity index (χ1) is 23.2. The number of nitrogens with one attached hydrogen (secondary N) is 3. The fraction of sp³-hybridized carbons (Fsp3) is 0.447. The summed E-state index contributed by atoms with van der Waals surface area (Å²) in [5, 5.41) is 20.8. The molecule has 48 heavy (non-hydrogen) atoms. The highest BCUT2D eigenvalue weighted by Crippen LogP contribution is 2.34. The van der Waals surface area contributed by atoms with Gasteiger partial charge in [-0.25, -0.2) is 4.79 Å². The van der Waals surface area contributed by atoms with Gasteiger partial charge in [-0.1, -0.05) is 93.1 Å². The van der Waals surface area contributed by atoms with E-state index in [4.69, 9.17) is 9.47 Å². The second kappa shape index (κ2) is 17.7. The molecule has 1 heterocycles. The molecule has 0 spiro atoms. The van der Waals surface area contributed by atoms with Crippen molar-refractivity contribution in [1.82, 2.24) is 20.9 Å². The maximum Gasteiger partial charge on any atom is 0.407 e. The summed E-state index contributed by atoms with van der Waals surface area (Å²) in [6, 6.07) is 25.8. The fourth-order valence-corrected chi connectivity index (χ4v) is 6.43. The third-order valence-electron chi connectivity index (χ3n) is 9.49. The molecule has 0 bridgehead atoms. The number of alkyl carbamates (subject to hydrolysis) is 1. The molecule has 0 radical (unpaired) electrons. The monoisotopic (exact) mass is 658 g/mol. The van der Waals surface area contributed by atoms with Crippen molar-refractivity contribution in [2.75, 3.05) is 27.3 Å². The Bertz CT molecular complexity index is 1470. The summed E-state index contributed by atoms with van der Waals surface area (Å²) < 4.78 is 10.2. The minimum Gasteiger partial charge on any atom is -0.497 e. The van der Waals surface area contributed by atoms with E-state index < -0.39 is 29.8 Å². The van der Waals surface area contributed by atoms with Crippen LogP contribution in [0.1, 0.15) is 49.8 Å². The summed E-state index contributed by atoms with van der Waals surface area (Å²) >= 11 is 0. The number of aliphatic hydroxyl groups excluding tert-OH is 1. The van der Waals surface area contributed by atoms with Gasteiger partial charge >= 0.3 is 6.09 Å². The number of carbonyl (C=O) groups excluding carboxylic acids is 3. The van der Waals surface area contributed by atoms with Crippen LogP contribution in [0.2, 0.25) is 0 Å². The van der Waals surface area contributed by atoms with Gasteiger partial charge in [0.05, 0.1) is 26.4 Å². The molecule has 1 aliphatic heterocycles. The first-order valence-electron chi connectivity index (χ1n) is 16.8. The molecule has 10 heteroatoms.